The van der Waals surface area contributed by atoms with Gasteiger partial charge < -0.3 is 4.57 Å². The molecule has 5 heteroatoms. The lowest BCUT2D eigenvalue weighted by Crippen LogP contribution is -2.01. The fraction of sp³-hybridized carbons (Fsp3) is 0.105. The molecule has 0 saturated carbocycles. The van der Waals surface area contributed by atoms with E-state index in [9.17, 15) is 4.21 Å². The number of aromatic nitrogens is 2. The van der Waals surface area contributed by atoms with Crippen LogP contribution in [0.25, 0.3) is 21.8 Å². The zero-order chi connectivity index (χ0) is 16.7. The van der Waals surface area contributed by atoms with Crippen molar-refractivity contribution in [2.75, 3.05) is 6.26 Å². The summed E-state index contributed by atoms with van der Waals surface area (Å²) in [7, 11) is -2.67. The van der Waals surface area contributed by atoms with Gasteiger partial charge in [0.05, 0.1) is 21.4 Å². The van der Waals surface area contributed by atoms with E-state index in [1.165, 1.54) is 22.5 Å². The van der Waals surface area contributed by atoms with E-state index in [1.54, 1.807) is 12.1 Å². The largest absolute Gasteiger partial charge is 0.335 e. The molecular weight excluding hydrogens is 318 g/mol. The maximum absolute atomic E-state index is 11.8. The molecule has 0 saturated heterocycles. The van der Waals surface area contributed by atoms with E-state index < -0.39 is 9.73 Å². The van der Waals surface area contributed by atoms with Gasteiger partial charge in [-0.1, -0.05) is 30.3 Å². The summed E-state index contributed by atoms with van der Waals surface area (Å²) in [6.07, 6.45) is 5.16. The molecule has 1 N–H and O–H groups in total. The van der Waals surface area contributed by atoms with Crippen molar-refractivity contribution in [2.45, 2.75) is 11.4 Å². The third kappa shape index (κ3) is 2.47. The van der Waals surface area contributed by atoms with Crippen LogP contribution in [0.1, 0.15) is 5.56 Å². The van der Waals surface area contributed by atoms with Gasteiger partial charge in [-0.2, -0.15) is 0 Å². The highest BCUT2D eigenvalue weighted by Crippen LogP contribution is 2.28. The molecule has 2 aromatic heterocycles. The Morgan fingerprint density at radius 2 is 1.71 bits per heavy atom. The maximum Gasteiger partial charge on any atom is 0.0696 e. The van der Waals surface area contributed by atoms with Crippen molar-refractivity contribution in [1.29, 1.82) is 4.78 Å². The van der Waals surface area contributed by atoms with Gasteiger partial charge in [0.1, 0.15) is 0 Å². The van der Waals surface area contributed by atoms with Gasteiger partial charge in [-0.05, 0) is 29.8 Å². The van der Waals surface area contributed by atoms with Crippen molar-refractivity contribution < 1.29 is 4.21 Å². The predicted octanol–water partition coefficient (Wildman–Crippen LogP) is 4.27. The molecule has 4 nitrogen and oxygen atoms in total. The molecule has 0 radical (unpaired) electrons. The second kappa shape index (κ2) is 5.46. The number of hydrogen-bond donors (Lipinski definition) is 1. The van der Waals surface area contributed by atoms with Gasteiger partial charge >= 0.3 is 0 Å². The Bertz CT molecular complexity index is 1090. The average molecular weight is 335 g/mol. The molecule has 24 heavy (non-hydrogen) atoms. The number of hydrogen-bond acceptors (Lipinski definition) is 3. The van der Waals surface area contributed by atoms with E-state index in [0.717, 1.165) is 11.1 Å². The first kappa shape index (κ1) is 14.9. The number of pyridine rings is 1. The lowest BCUT2D eigenvalue weighted by Gasteiger charge is -2.09. The van der Waals surface area contributed by atoms with Crippen LogP contribution in [0, 0.1) is 4.78 Å². The van der Waals surface area contributed by atoms with Crippen molar-refractivity contribution in [1.82, 2.24) is 9.55 Å². The fourth-order valence-corrected chi connectivity index (χ4v) is 3.76. The Kier molecular flexibility index (Phi) is 3.39. The van der Waals surface area contributed by atoms with Gasteiger partial charge in [0, 0.05) is 40.2 Å². The highest BCUT2D eigenvalue weighted by Gasteiger charge is 2.10. The molecule has 1 unspecified atom stereocenters. The van der Waals surface area contributed by atoms with E-state index in [4.69, 9.17) is 4.78 Å². The number of rotatable bonds is 3. The van der Waals surface area contributed by atoms with Crippen LogP contribution in [0.5, 0.6) is 0 Å². The van der Waals surface area contributed by atoms with Gasteiger partial charge in [-0.25, -0.2) is 8.99 Å². The van der Waals surface area contributed by atoms with Crippen LogP contribution in [-0.4, -0.2) is 20.0 Å². The van der Waals surface area contributed by atoms with E-state index in [0.29, 0.717) is 11.4 Å². The normalized spacial score (nSPS) is 14.0. The Balaban J connectivity index is 1.84. The van der Waals surface area contributed by atoms with Crippen molar-refractivity contribution in [3.8, 4) is 0 Å². The minimum atomic E-state index is -2.67. The summed E-state index contributed by atoms with van der Waals surface area (Å²) >= 11 is 0. The molecule has 1 atom stereocenters. The standard InChI is InChI=1S/C19H17N3OS/c1-24(20,23)15-8-6-14(7-9-15)13-22-18-5-3-2-4-16(18)17-10-11-21-12-19(17)22/h2-12,20H,13H2,1H3. The maximum atomic E-state index is 11.8. The summed E-state index contributed by atoms with van der Waals surface area (Å²) in [6.45, 7) is 0.707. The molecule has 120 valence electrons. The molecule has 0 amide bonds. The Hall–Kier alpha value is -2.66. The summed E-state index contributed by atoms with van der Waals surface area (Å²) in [5.41, 5.74) is 3.38. The molecule has 0 fully saturated rings. The third-order valence-corrected chi connectivity index (χ3v) is 5.46. The summed E-state index contributed by atoms with van der Waals surface area (Å²) in [5.74, 6) is 0. The zero-order valence-corrected chi connectivity index (χ0v) is 14.1. The molecule has 0 bridgehead atoms. The van der Waals surface area contributed by atoms with Crippen LogP contribution in [0.3, 0.4) is 0 Å². The molecule has 4 rings (SSSR count). The highest BCUT2D eigenvalue weighted by atomic mass is 32.2. The molecule has 2 aromatic carbocycles. The summed E-state index contributed by atoms with van der Waals surface area (Å²) in [4.78, 5) is 4.84. The quantitative estimate of drug-likeness (QED) is 0.608. The highest BCUT2D eigenvalue weighted by molar-refractivity contribution is 7.91. The van der Waals surface area contributed by atoms with Crippen LogP contribution in [0.4, 0.5) is 0 Å². The Morgan fingerprint density at radius 3 is 2.46 bits per heavy atom. The first-order valence-electron chi connectivity index (χ1n) is 7.68. The average Bonchev–Trinajstić information content (AvgIpc) is 2.89. The minimum absolute atomic E-state index is 0.565. The Labute approximate surface area is 140 Å². The molecular formula is C19H17N3OS. The third-order valence-electron chi connectivity index (χ3n) is 4.29. The molecule has 0 aliphatic carbocycles. The number of nitrogens with zero attached hydrogens (tertiary/aromatic N) is 2. The van der Waals surface area contributed by atoms with Crippen molar-refractivity contribution in [3.63, 3.8) is 0 Å². The van der Waals surface area contributed by atoms with E-state index >= 15 is 0 Å². The van der Waals surface area contributed by atoms with E-state index in [2.05, 4.69) is 21.7 Å². The number of benzene rings is 2. The van der Waals surface area contributed by atoms with E-state index in [-0.39, 0.29) is 0 Å². The van der Waals surface area contributed by atoms with Crippen molar-refractivity contribution in [3.05, 3.63) is 72.6 Å². The number of fused-ring (bicyclic) bond motifs is 3. The summed E-state index contributed by atoms with van der Waals surface area (Å²) < 4.78 is 21.7. The van der Waals surface area contributed by atoms with Crippen LogP contribution in [-0.2, 0) is 16.3 Å². The molecule has 2 heterocycles. The minimum Gasteiger partial charge on any atom is -0.335 e. The smallest absolute Gasteiger partial charge is 0.0696 e. The van der Waals surface area contributed by atoms with Gasteiger partial charge in [-0.15, -0.1) is 0 Å². The predicted molar refractivity (Wildman–Crippen MR) is 97.8 cm³/mol. The first-order chi connectivity index (χ1) is 11.5. The monoisotopic (exact) mass is 335 g/mol. The first-order valence-corrected chi connectivity index (χ1v) is 9.64. The summed E-state index contributed by atoms with van der Waals surface area (Å²) in [5, 5.41) is 2.41. The molecule has 0 spiro atoms. The molecule has 4 aromatic rings. The number of para-hydroxylation sites is 1. The van der Waals surface area contributed by atoms with Gasteiger partial charge in [0.25, 0.3) is 0 Å². The fourth-order valence-electron chi connectivity index (χ4n) is 3.10. The topological polar surface area (TPSA) is 58.7 Å². The summed E-state index contributed by atoms with van der Waals surface area (Å²) in [6, 6.07) is 17.9. The van der Waals surface area contributed by atoms with Gasteiger partial charge in [0.15, 0.2) is 0 Å². The van der Waals surface area contributed by atoms with Crippen molar-refractivity contribution in [2.24, 2.45) is 0 Å². The number of nitrogens with one attached hydrogen (secondary N) is 1. The zero-order valence-electron chi connectivity index (χ0n) is 13.3. The lowest BCUT2D eigenvalue weighted by atomic mass is 10.2. The van der Waals surface area contributed by atoms with E-state index in [1.807, 2.05) is 42.7 Å². The van der Waals surface area contributed by atoms with Crippen molar-refractivity contribution >= 4 is 31.5 Å². The van der Waals surface area contributed by atoms with Gasteiger partial charge in [-0.3, -0.25) is 4.98 Å². The second-order valence-corrected chi connectivity index (χ2v) is 8.14. The van der Waals surface area contributed by atoms with Crippen LogP contribution in [0.15, 0.2) is 71.9 Å². The Morgan fingerprint density at radius 1 is 1.00 bits per heavy atom. The lowest BCUT2D eigenvalue weighted by molar-refractivity contribution is 0.679. The molecule has 0 aliphatic heterocycles. The second-order valence-electron chi connectivity index (χ2n) is 5.98. The SMILES string of the molecule is CS(=N)(=O)c1ccc(Cn2c3ccccc3c3ccncc32)cc1. The van der Waals surface area contributed by atoms with Crippen LogP contribution >= 0.6 is 0 Å². The van der Waals surface area contributed by atoms with Crippen LogP contribution < -0.4 is 0 Å². The van der Waals surface area contributed by atoms with Crippen LogP contribution in [0.2, 0.25) is 0 Å². The molecule has 0 aliphatic rings. The van der Waals surface area contributed by atoms with Gasteiger partial charge in [0.2, 0.25) is 0 Å².